The van der Waals surface area contributed by atoms with Gasteiger partial charge in [-0.15, -0.1) is 0 Å². The first-order valence-electron chi connectivity index (χ1n) is 7.96. The molecule has 0 amide bonds. The first-order valence-corrected chi connectivity index (χ1v) is 7.96. The number of hydrogen-bond acceptors (Lipinski definition) is 12. The zero-order valence-corrected chi connectivity index (χ0v) is 13.9. The summed E-state index contributed by atoms with van der Waals surface area (Å²) < 4.78 is 20.3. The fourth-order valence-electron chi connectivity index (χ4n) is 2.68. The minimum Gasteiger partial charge on any atom is -0.463 e. The maximum absolute atomic E-state index is 10.9. The molecule has 0 bridgehead atoms. The Morgan fingerprint density at radius 2 is 1.27 bits per heavy atom. The number of aliphatic hydroxyl groups is 7. The van der Waals surface area contributed by atoms with E-state index in [1.807, 2.05) is 0 Å². The highest BCUT2D eigenvalue weighted by Crippen LogP contribution is 2.28. The van der Waals surface area contributed by atoms with Gasteiger partial charge in [-0.3, -0.25) is 4.79 Å². The van der Waals surface area contributed by atoms with E-state index in [1.165, 1.54) is 0 Å². The van der Waals surface area contributed by atoms with Crippen molar-refractivity contribution >= 4 is 5.97 Å². The van der Waals surface area contributed by atoms with E-state index in [4.69, 9.17) is 24.1 Å². The molecule has 0 aliphatic carbocycles. The first-order chi connectivity index (χ1) is 12.2. The number of esters is 1. The van der Waals surface area contributed by atoms with Crippen LogP contribution in [-0.2, 0) is 23.7 Å². The highest BCUT2D eigenvalue weighted by Gasteiger charge is 2.49. The van der Waals surface area contributed by atoms with Gasteiger partial charge in [0.1, 0.15) is 55.4 Å². The van der Waals surface area contributed by atoms with Crippen molar-refractivity contribution in [1.82, 2.24) is 0 Å². The van der Waals surface area contributed by atoms with E-state index < -0.39 is 80.6 Å². The highest BCUT2D eigenvalue weighted by molar-refractivity contribution is 5.65. The standard InChI is InChI=1S/C14H24O12/c1-4(16)23-3-6-8(18)10(20)12(22)14(25-6)26-13-11(21)9(19)7(17)5(2-15)24-13/h5-15,17-22H,2-3H2,1H3/t5?,6?,7-,8+,9?,10?,11?,12?,13-,14-/m1/s1. The zero-order chi connectivity index (χ0) is 19.6. The molecule has 7 N–H and O–H groups in total. The minimum atomic E-state index is -1.76. The molecule has 2 rings (SSSR count). The van der Waals surface area contributed by atoms with Crippen LogP contribution in [0.2, 0.25) is 0 Å². The average Bonchev–Trinajstić information content (AvgIpc) is 2.61. The van der Waals surface area contributed by atoms with Crippen LogP contribution < -0.4 is 0 Å². The Morgan fingerprint density at radius 1 is 0.808 bits per heavy atom. The zero-order valence-electron chi connectivity index (χ0n) is 13.9. The second-order valence-electron chi connectivity index (χ2n) is 6.15. The quantitative estimate of drug-likeness (QED) is 0.224. The van der Waals surface area contributed by atoms with Crippen molar-refractivity contribution in [3.8, 4) is 0 Å². The Hall–Kier alpha value is -0.930. The summed E-state index contributed by atoms with van der Waals surface area (Å²) in [7, 11) is 0. The van der Waals surface area contributed by atoms with Gasteiger partial charge in [0.05, 0.1) is 6.61 Å². The van der Waals surface area contributed by atoms with E-state index in [1.54, 1.807) is 0 Å². The van der Waals surface area contributed by atoms with Gasteiger partial charge in [0, 0.05) is 6.92 Å². The Labute approximate surface area is 148 Å². The molecule has 0 aromatic rings. The van der Waals surface area contributed by atoms with Crippen molar-refractivity contribution in [2.24, 2.45) is 0 Å². The van der Waals surface area contributed by atoms with Gasteiger partial charge >= 0.3 is 5.97 Å². The average molecular weight is 384 g/mol. The number of ether oxygens (including phenoxy) is 4. The second kappa shape index (κ2) is 8.84. The van der Waals surface area contributed by atoms with Crippen LogP contribution >= 0.6 is 0 Å². The van der Waals surface area contributed by atoms with Gasteiger partial charge < -0.3 is 54.7 Å². The van der Waals surface area contributed by atoms with Crippen LogP contribution in [0.1, 0.15) is 6.92 Å². The molecule has 12 heteroatoms. The molecule has 12 nitrogen and oxygen atoms in total. The topological polar surface area (TPSA) is 196 Å². The number of hydrogen-bond donors (Lipinski definition) is 7. The van der Waals surface area contributed by atoms with Crippen molar-refractivity contribution in [3.05, 3.63) is 0 Å². The van der Waals surface area contributed by atoms with Crippen molar-refractivity contribution in [3.63, 3.8) is 0 Å². The van der Waals surface area contributed by atoms with Gasteiger partial charge in [0.15, 0.2) is 12.6 Å². The fourth-order valence-corrected chi connectivity index (χ4v) is 2.68. The lowest BCUT2D eigenvalue weighted by atomic mass is 9.98. The molecule has 0 radical (unpaired) electrons. The predicted octanol–water partition coefficient (Wildman–Crippen LogP) is -4.83. The van der Waals surface area contributed by atoms with Gasteiger partial charge in [-0.2, -0.15) is 0 Å². The highest BCUT2D eigenvalue weighted by atomic mass is 16.8. The molecule has 6 unspecified atom stereocenters. The Morgan fingerprint density at radius 3 is 1.73 bits per heavy atom. The summed E-state index contributed by atoms with van der Waals surface area (Å²) in [5, 5.41) is 68.3. The summed E-state index contributed by atoms with van der Waals surface area (Å²) in [6, 6.07) is 0. The van der Waals surface area contributed by atoms with Crippen molar-refractivity contribution in [2.75, 3.05) is 13.2 Å². The molecule has 2 saturated heterocycles. The molecule has 0 spiro atoms. The number of carbonyl (C=O) groups excluding carboxylic acids is 1. The largest absolute Gasteiger partial charge is 0.463 e. The van der Waals surface area contributed by atoms with E-state index >= 15 is 0 Å². The van der Waals surface area contributed by atoms with Crippen LogP contribution in [0, 0.1) is 0 Å². The molecule has 2 aliphatic heterocycles. The normalized spacial score (nSPS) is 46.8. The summed E-state index contributed by atoms with van der Waals surface area (Å²) in [5.41, 5.74) is 0. The molecule has 0 aromatic carbocycles. The maximum atomic E-state index is 10.9. The molecular weight excluding hydrogens is 360 g/mol. The summed E-state index contributed by atoms with van der Waals surface area (Å²) >= 11 is 0. The number of rotatable bonds is 5. The third-order valence-electron chi connectivity index (χ3n) is 4.24. The number of carbonyl (C=O) groups is 1. The molecule has 26 heavy (non-hydrogen) atoms. The molecule has 2 fully saturated rings. The van der Waals surface area contributed by atoms with E-state index in [2.05, 4.69) is 0 Å². The van der Waals surface area contributed by atoms with Gasteiger partial charge in [0.2, 0.25) is 0 Å². The van der Waals surface area contributed by atoms with E-state index in [0.717, 1.165) is 6.92 Å². The van der Waals surface area contributed by atoms with E-state index in [9.17, 15) is 35.4 Å². The van der Waals surface area contributed by atoms with Crippen molar-refractivity contribution < 1.29 is 59.5 Å². The second-order valence-corrected chi connectivity index (χ2v) is 6.15. The molecule has 2 aliphatic rings. The third-order valence-corrected chi connectivity index (χ3v) is 4.24. The number of aliphatic hydroxyl groups excluding tert-OH is 7. The Balaban J connectivity index is 2.07. The van der Waals surface area contributed by atoms with Crippen LogP contribution in [0.15, 0.2) is 0 Å². The minimum absolute atomic E-state index is 0.436. The van der Waals surface area contributed by atoms with Crippen molar-refractivity contribution in [1.29, 1.82) is 0 Å². The van der Waals surface area contributed by atoms with Crippen molar-refractivity contribution in [2.45, 2.75) is 68.3 Å². The smallest absolute Gasteiger partial charge is 0.302 e. The summed E-state index contributed by atoms with van der Waals surface area (Å²) in [4.78, 5) is 10.9. The lowest BCUT2D eigenvalue weighted by molar-refractivity contribution is -0.376. The van der Waals surface area contributed by atoms with Crippen LogP contribution in [0.4, 0.5) is 0 Å². The van der Waals surface area contributed by atoms with Crippen LogP contribution in [0.5, 0.6) is 0 Å². The van der Waals surface area contributed by atoms with Gasteiger partial charge in [-0.1, -0.05) is 0 Å². The molecule has 10 atom stereocenters. The predicted molar refractivity (Wildman–Crippen MR) is 78.2 cm³/mol. The fraction of sp³-hybridized carbons (Fsp3) is 0.929. The summed E-state index contributed by atoms with van der Waals surface area (Å²) in [6.45, 7) is 0.00649. The van der Waals surface area contributed by atoms with Gasteiger partial charge in [-0.05, 0) is 0 Å². The lowest BCUT2D eigenvalue weighted by Crippen LogP contribution is -2.63. The SMILES string of the molecule is CC(=O)OCC1O[C@H](O[C@H]2OC(CO)[C@@H](O)C(O)C2O)C(O)C(O)[C@H]1O. The van der Waals surface area contributed by atoms with Gasteiger partial charge in [-0.25, -0.2) is 0 Å². The van der Waals surface area contributed by atoms with E-state index in [0.29, 0.717) is 0 Å². The lowest BCUT2D eigenvalue weighted by Gasteiger charge is -2.44. The third kappa shape index (κ3) is 4.48. The summed E-state index contributed by atoms with van der Waals surface area (Å²) in [6.07, 6.45) is -15.9. The summed E-state index contributed by atoms with van der Waals surface area (Å²) in [5.74, 6) is -0.659. The monoisotopic (exact) mass is 384 g/mol. The van der Waals surface area contributed by atoms with E-state index in [-0.39, 0.29) is 0 Å². The first kappa shape index (κ1) is 21.4. The molecule has 152 valence electrons. The van der Waals surface area contributed by atoms with Crippen LogP contribution in [0.3, 0.4) is 0 Å². The molecule has 0 saturated carbocycles. The molecule has 0 aromatic heterocycles. The Bertz CT molecular complexity index is 473. The van der Waals surface area contributed by atoms with Gasteiger partial charge in [0.25, 0.3) is 0 Å². The van der Waals surface area contributed by atoms with Crippen LogP contribution in [0.25, 0.3) is 0 Å². The van der Waals surface area contributed by atoms with Crippen LogP contribution in [-0.4, -0.2) is 116 Å². The molecule has 2 heterocycles. The Kier molecular flexibility index (Phi) is 7.27. The molecular formula is C14H24O12. The maximum Gasteiger partial charge on any atom is 0.302 e.